The Morgan fingerprint density at radius 1 is 1.09 bits per heavy atom. The molecule has 0 saturated heterocycles. The second-order valence-corrected chi connectivity index (χ2v) is 8.82. The van der Waals surface area contributed by atoms with Crippen LogP contribution >= 0.6 is 0 Å². The van der Waals surface area contributed by atoms with Gasteiger partial charge >= 0.3 is 17.7 Å². The molecule has 33 heavy (non-hydrogen) atoms. The Hall–Kier alpha value is -3.61. The number of rotatable bonds is 6. The van der Waals surface area contributed by atoms with E-state index in [0.717, 1.165) is 16.5 Å². The number of esters is 1. The van der Waals surface area contributed by atoms with Crippen molar-refractivity contribution in [1.29, 1.82) is 0 Å². The number of carbonyl (C=O) groups excluding carboxylic acids is 2. The van der Waals surface area contributed by atoms with Crippen LogP contribution in [0.1, 0.15) is 44.4 Å². The molecule has 174 valence electrons. The van der Waals surface area contributed by atoms with Gasteiger partial charge in [0.15, 0.2) is 0 Å². The molecule has 0 spiro atoms. The van der Waals surface area contributed by atoms with E-state index in [1.165, 1.54) is 6.07 Å². The number of hydrogen-bond acceptors (Lipinski definition) is 6. The minimum absolute atomic E-state index is 0.223. The molecule has 1 amide bonds. The van der Waals surface area contributed by atoms with Crippen LogP contribution in [0.5, 0.6) is 5.75 Å². The summed E-state index contributed by atoms with van der Waals surface area (Å²) < 4.78 is 16.4. The maximum absolute atomic E-state index is 13.1. The van der Waals surface area contributed by atoms with E-state index >= 15 is 0 Å². The molecule has 0 bridgehead atoms. The lowest BCUT2D eigenvalue weighted by Gasteiger charge is -2.23. The van der Waals surface area contributed by atoms with Gasteiger partial charge in [-0.3, -0.25) is 0 Å². The van der Waals surface area contributed by atoms with Gasteiger partial charge in [-0.2, -0.15) is 0 Å². The van der Waals surface area contributed by atoms with Gasteiger partial charge in [0.2, 0.25) is 0 Å². The predicted octanol–water partition coefficient (Wildman–Crippen LogP) is 4.71. The number of benzene rings is 2. The van der Waals surface area contributed by atoms with Crippen LogP contribution < -0.4 is 15.7 Å². The van der Waals surface area contributed by atoms with E-state index in [0.29, 0.717) is 17.6 Å². The van der Waals surface area contributed by atoms with E-state index in [1.54, 1.807) is 39.8 Å². The standard InChI is InChI=1S/C26H29NO6/c1-6-18-15-22(28)32-23-16(2)21(13-12-19(18)23)31-24(29)20(14-17-10-8-7-9-11-17)27-25(30)33-26(3,4)5/h7-13,15,20H,6,14H2,1-5H3,(H,27,30)/t20-/m0/s1. The van der Waals surface area contributed by atoms with Gasteiger partial charge in [-0.15, -0.1) is 0 Å². The maximum atomic E-state index is 13.1. The van der Waals surface area contributed by atoms with E-state index in [2.05, 4.69) is 5.32 Å². The summed E-state index contributed by atoms with van der Waals surface area (Å²) in [6, 6.07) is 13.2. The molecule has 3 aromatic rings. The molecule has 0 aliphatic carbocycles. The third-order valence-corrected chi connectivity index (χ3v) is 5.05. The summed E-state index contributed by atoms with van der Waals surface area (Å²) in [5.41, 5.74) is 1.45. The lowest BCUT2D eigenvalue weighted by molar-refractivity contribution is -0.136. The quantitative estimate of drug-likeness (QED) is 0.331. The molecule has 1 N–H and O–H groups in total. The summed E-state index contributed by atoms with van der Waals surface area (Å²) in [5, 5.41) is 3.41. The molecule has 1 atom stereocenters. The smallest absolute Gasteiger partial charge is 0.408 e. The summed E-state index contributed by atoms with van der Waals surface area (Å²) in [6.45, 7) is 8.91. The fraction of sp³-hybridized carbons (Fsp3) is 0.346. The summed E-state index contributed by atoms with van der Waals surface area (Å²) in [5.74, 6) is -0.394. The van der Waals surface area contributed by atoms with Crippen LogP contribution in [0.4, 0.5) is 4.79 Å². The number of fused-ring (bicyclic) bond motifs is 1. The largest absolute Gasteiger partial charge is 0.444 e. The van der Waals surface area contributed by atoms with Crippen LogP contribution in [0, 0.1) is 6.92 Å². The Morgan fingerprint density at radius 2 is 1.79 bits per heavy atom. The third-order valence-electron chi connectivity index (χ3n) is 5.05. The van der Waals surface area contributed by atoms with Crippen molar-refractivity contribution in [2.75, 3.05) is 0 Å². The molecule has 0 unspecified atom stereocenters. The SMILES string of the molecule is CCc1cc(=O)oc2c(C)c(OC(=O)[C@H](Cc3ccccc3)NC(=O)OC(C)(C)C)ccc12. The van der Waals surface area contributed by atoms with Crippen LogP contribution in [0.15, 0.2) is 57.7 Å². The van der Waals surface area contributed by atoms with Crippen molar-refractivity contribution in [3.63, 3.8) is 0 Å². The van der Waals surface area contributed by atoms with Crippen molar-refractivity contribution in [3.8, 4) is 5.75 Å². The first-order valence-corrected chi connectivity index (χ1v) is 10.9. The van der Waals surface area contributed by atoms with E-state index in [9.17, 15) is 14.4 Å². The molecule has 2 aromatic carbocycles. The highest BCUT2D eigenvalue weighted by Gasteiger charge is 2.27. The second kappa shape index (κ2) is 9.90. The lowest BCUT2D eigenvalue weighted by Crippen LogP contribution is -2.46. The summed E-state index contributed by atoms with van der Waals surface area (Å²) in [7, 11) is 0. The van der Waals surface area contributed by atoms with Crippen LogP contribution in [-0.4, -0.2) is 23.7 Å². The van der Waals surface area contributed by atoms with Crippen LogP contribution in [0.3, 0.4) is 0 Å². The molecule has 0 fully saturated rings. The second-order valence-electron chi connectivity index (χ2n) is 8.82. The Bertz CT molecular complexity index is 1210. The molecule has 0 saturated carbocycles. The normalized spacial score (nSPS) is 12.3. The molecule has 0 radical (unpaired) electrons. The van der Waals surface area contributed by atoms with Crippen LogP contribution in [-0.2, 0) is 22.4 Å². The fourth-order valence-electron chi connectivity index (χ4n) is 3.48. The van der Waals surface area contributed by atoms with Crippen molar-refractivity contribution >= 4 is 23.0 Å². The molecule has 7 nitrogen and oxygen atoms in total. The maximum Gasteiger partial charge on any atom is 0.408 e. The van der Waals surface area contributed by atoms with Crippen molar-refractivity contribution < 1.29 is 23.5 Å². The zero-order valence-electron chi connectivity index (χ0n) is 19.6. The van der Waals surface area contributed by atoms with Gasteiger partial charge in [0, 0.05) is 23.4 Å². The molecule has 7 heteroatoms. The number of alkyl carbamates (subject to hydrolysis) is 1. The van der Waals surface area contributed by atoms with Crippen LogP contribution in [0.25, 0.3) is 11.0 Å². The summed E-state index contributed by atoms with van der Waals surface area (Å²) >= 11 is 0. The Kier molecular flexibility index (Phi) is 7.21. The third kappa shape index (κ3) is 6.22. The highest BCUT2D eigenvalue weighted by molar-refractivity contribution is 5.88. The minimum atomic E-state index is -0.980. The van der Waals surface area contributed by atoms with Crippen molar-refractivity contribution in [1.82, 2.24) is 5.32 Å². The highest BCUT2D eigenvalue weighted by Crippen LogP contribution is 2.29. The van der Waals surface area contributed by atoms with Gasteiger partial charge in [-0.05, 0) is 57.4 Å². The highest BCUT2D eigenvalue weighted by atomic mass is 16.6. The molecular weight excluding hydrogens is 422 g/mol. The molecule has 1 aromatic heterocycles. The fourth-order valence-corrected chi connectivity index (χ4v) is 3.48. The van der Waals surface area contributed by atoms with Crippen LogP contribution in [0.2, 0.25) is 0 Å². The van der Waals surface area contributed by atoms with E-state index in [4.69, 9.17) is 13.9 Å². The zero-order chi connectivity index (χ0) is 24.2. The minimum Gasteiger partial charge on any atom is -0.444 e. The first kappa shape index (κ1) is 24.0. The summed E-state index contributed by atoms with van der Waals surface area (Å²) in [4.78, 5) is 37.4. The average molecular weight is 452 g/mol. The molecule has 0 aliphatic rings. The van der Waals surface area contributed by atoms with Gasteiger partial charge < -0.3 is 19.2 Å². The van der Waals surface area contributed by atoms with Gasteiger partial charge in [0.1, 0.15) is 23.0 Å². The van der Waals surface area contributed by atoms with Gasteiger partial charge in [-0.25, -0.2) is 14.4 Å². The van der Waals surface area contributed by atoms with Crippen molar-refractivity contribution in [3.05, 3.63) is 75.6 Å². The lowest BCUT2D eigenvalue weighted by atomic mass is 10.0. The van der Waals surface area contributed by atoms with E-state index in [1.807, 2.05) is 37.3 Å². The zero-order valence-corrected chi connectivity index (χ0v) is 19.6. The van der Waals surface area contributed by atoms with Gasteiger partial charge in [-0.1, -0.05) is 37.3 Å². The topological polar surface area (TPSA) is 94.8 Å². The first-order chi connectivity index (χ1) is 15.6. The van der Waals surface area contributed by atoms with E-state index < -0.39 is 29.3 Å². The number of amides is 1. The van der Waals surface area contributed by atoms with Gasteiger partial charge in [0.25, 0.3) is 0 Å². The Balaban J connectivity index is 1.89. The number of carbonyl (C=O) groups is 2. The number of hydrogen-bond donors (Lipinski definition) is 1. The van der Waals surface area contributed by atoms with Crippen molar-refractivity contribution in [2.45, 2.75) is 59.1 Å². The molecule has 1 heterocycles. The summed E-state index contributed by atoms with van der Waals surface area (Å²) in [6.07, 6.45) is 0.175. The van der Waals surface area contributed by atoms with Gasteiger partial charge in [0.05, 0.1) is 0 Å². The molecule has 3 rings (SSSR count). The first-order valence-electron chi connectivity index (χ1n) is 10.9. The number of aryl methyl sites for hydroxylation is 2. The average Bonchev–Trinajstić information content (AvgIpc) is 2.74. The van der Waals surface area contributed by atoms with Crippen molar-refractivity contribution in [2.24, 2.45) is 0 Å². The number of nitrogens with one attached hydrogen (secondary N) is 1. The monoisotopic (exact) mass is 451 g/mol. The van der Waals surface area contributed by atoms with E-state index in [-0.39, 0.29) is 12.2 Å². The molecular formula is C26H29NO6. The Morgan fingerprint density at radius 3 is 2.42 bits per heavy atom. The predicted molar refractivity (Wildman–Crippen MR) is 126 cm³/mol. The molecule has 0 aliphatic heterocycles. The number of ether oxygens (including phenoxy) is 2. The Labute approximate surface area is 192 Å².